The summed E-state index contributed by atoms with van der Waals surface area (Å²) in [6, 6.07) is 4.09. The van der Waals surface area contributed by atoms with Gasteiger partial charge in [-0.3, -0.25) is 4.79 Å². The average Bonchev–Trinajstić information content (AvgIpc) is 3.21. The summed E-state index contributed by atoms with van der Waals surface area (Å²) in [7, 11) is 0. The fraction of sp³-hybridized carbons (Fsp3) is 0.353. The van der Waals surface area contributed by atoms with Gasteiger partial charge in [-0.25, -0.2) is 9.97 Å². The van der Waals surface area contributed by atoms with Crippen molar-refractivity contribution in [2.45, 2.75) is 25.7 Å². The molecule has 6 heteroatoms. The standard InChI is InChI=1S/C17H18N4OS/c1-11-20-15(10-23-11)17(22)21-7-4-12(5-8-21)14-9-19-16-13(14)3-2-6-18-16/h2-3,6,9-10,12H,4-5,7-8H2,1H3,(H,18,19). The minimum absolute atomic E-state index is 0.0633. The minimum atomic E-state index is 0.0633. The zero-order chi connectivity index (χ0) is 15.8. The summed E-state index contributed by atoms with van der Waals surface area (Å²) in [4.78, 5) is 26.3. The zero-order valence-corrected chi connectivity index (χ0v) is 13.8. The lowest BCUT2D eigenvalue weighted by atomic mass is 9.89. The molecule has 1 N–H and O–H groups in total. The predicted octanol–water partition coefficient (Wildman–Crippen LogP) is 3.35. The van der Waals surface area contributed by atoms with Crippen molar-refractivity contribution in [3.8, 4) is 0 Å². The lowest BCUT2D eigenvalue weighted by Crippen LogP contribution is -2.38. The Morgan fingerprint density at radius 2 is 2.22 bits per heavy atom. The van der Waals surface area contributed by atoms with E-state index in [9.17, 15) is 4.79 Å². The maximum absolute atomic E-state index is 12.5. The Bertz CT molecular complexity index is 845. The molecule has 1 saturated heterocycles. The summed E-state index contributed by atoms with van der Waals surface area (Å²) in [5, 5.41) is 4.00. The Balaban J connectivity index is 1.48. The van der Waals surface area contributed by atoms with Crippen molar-refractivity contribution in [1.82, 2.24) is 19.9 Å². The lowest BCUT2D eigenvalue weighted by Gasteiger charge is -2.31. The monoisotopic (exact) mass is 326 g/mol. The molecule has 0 atom stereocenters. The Morgan fingerprint density at radius 1 is 1.39 bits per heavy atom. The number of hydrogen-bond donors (Lipinski definition) is 1. The highest BCUT2D eigenvalue weighted by Crippen LogP contribution is 2.32. The maximum Gasteiger partial charge on any atom is 0.273 e. The van der Waals surface area contributed by atoms with E-state index in [-0.39, 0.29) is 5.91 Å². The summed E-state index contributed by atoms with van der Waals surface area (Å²) in [6.07, 6.45) is 5.84. The number of nitrogens with zero attached hydrogens (tertiary/aromatic N) is 3. The number of carbonyl (C=O) groups excluding carboxylic acids is 1. The molecule has 0 aliphatic carbocycles. The molecule has 0 spiro atoms. The number of fused-ring (bicyclic) bond motifs is 1. The van der Waals surface area contributed by atoms with Gasteiger partial charge in [0.1, 0.15) is 11.3 Å². The molecule has 0 radical (unpaired) electrons. The largest absolute Gasteiger partial charge is 0.346 e. The van der Waals surface area contributed by atoms with Crippen LogP contribution in [-0.4, -0.2) is 38.8 Å². The van der Waals surface area contributed by atoms with E-state index in [1.54, 1.807) is 6.20 Å². The highest BCUT2D eigenvalue weighted by molar-refractivity contribution is 7.09. The lowest BCUT2D eigenvalue weighted by molar-refractivity contribution is 0.0708. The van der Waals surface area contributed by atoms with Gasteiger partial charge in [0.25, 0.3) is 5.91 Å². The van der Waals surface area contributed by atoms with Gasteiger partial charge in [-0.15, -0.1) is 11.3 Å². The van der Waals surface area contributed by atoms with E-state index >= 15 is 0 Å². The number of likely N-dealkylation sites (tertiary alicyclic amines) is 1. The van der Waals surface area contributed by atoms with Crippen molar-refractivity contribution in [2.24, 2.45) is 0 Å². The number of hydrogen-bond acceptors (Lipinski definition) is 4. The molecular formula is C17H18N4OS. The van der Waals surface area contributed by atoms with Crippen LogP contribution in [0.2, 0.25) is 0 Å². The second kappa shape index (κ2) is 5.77. The Labute approximate surface area is 138 Å². The molecule has 1 aliphatic rings. The van der Waals surface area contributed by atoms with E-state index in [0.29, 0.717) is 11.6 Å². The van der Waals surface area contributed by atoms with Crippen LogP contribution in [0, 0.1) is 6.92 Å². The van der Waals surface area contributed by atoms with Crippen LogP contribution < -0.4 is 0 Å². The topological polar surface area (TPSA) is 61.9 Å². The molecule has 0 unspecified atom stereocenters. The van der Waals surface area contributed by atoms with Gasteiger partial charge in [0, 0.05) is 36.2 Å². The molecule has 0 bridgehead atoms. The molecule has 3 aromatic heterocycles. The first kappa shape index (κ1) is 14.4. The third-order valence-corrected chi connectivity index (χ3v) is 5.32. The average molecular weight is 326 g/mol. The predicted molar refractivity (Wildman–Crippen MR) is 90.8 cm³/mol. The Hall–Kier alpha value is -2.21. The van der Waals surface area contributed by atoms with Gasteiger partial charge in [-0.1, -0.05) is 0 Å². The molecule has 1 amide bonds. The van der Waals surface area contributed by atoms with Crippen molar-refractivity contribution in [2.75, 3.05) is 13.1 Å². The first-order valence-corrected chi connectivity index (χ1v) is 8.74. The van der Waals surface area contributed by atoms with E-state index in [0.717, 1.165) is 36.6 Å². The number of nitrogens with one attached hydrogen (secondary N) is 1. The molecule has 23 heavy (non-hydrogen) atoms. The molecule has 0 saturated carbocycles. The van der Waals surface area contributed by atoms with Crippen LogP contribution >= 0.6 is 11.3 Å². The number of pyridine rings is 1. The van der Waals surface area contributed by atoms with E-state index in [2.05, 4.69) is 27.2 Å². The number of piperidine rings is 1. The van der Waals surface area contributed by atoms with Gasteiger partial charge < -0.3 is 9.88 Å². The van der Waals surface area contributed by atoms with Crippen LogP contribution in [-0.2, 0) is 0 Å². The fourth-order valence-electron chi connectivity index (χ4n) is 3.33. The minimum Gasteiger partial charge on any atom is -0.346 e. The van der Waals surface area contributed by atoms with Crippen LogP contribution in [0.1, 0.15) is 39.8 Å². The first-order chi connectivity index (χ1) is 11.2. The molecule has 1 aliphatic heterocycles. The highest BCUT2D eigenvalue weighted by atomic mass is 32.1. The van der Waals surface area contributed by atoms with Crippen molar-refractivity contribution in [3.63, 3.8) is 0 Å². The van der Waals surface area contributed by atoms with Gasteiger partial charge in [-0.2, -0.15) is 0 Å². The third-order valence-electron chi connectivity index (χ3n) is 4.54. The van der Waals surface area contributed by atoms with Gasteiger partial charge in [0.15, 0.2) is 0 Å². The first-order valence-electron chi connectivity index (χ1n) is 7.86. The quantitative estimate of drug-likeness (QED) is 0.785. The number of amides is 1. The Morgan fingerprint density at radius 3 is 2.96 bits per heavy atom. The molecular weight excluding hydrogens is 308 g/mol. The maximum atomic E-state index is 12.5. The number of carbonyl (C=O) groups is 1. The van der Waals surface area contributed by atoms with Crippen molar-refractivity contribution in [3.05, 3.63) is 46.2 Å². The number of aromatic nitrogens is 3. The molecule has 3 aromatic rings. The van der Waals surface area contributed by atoms with Crippen molar-refractivity contribution in [1.29, 1.82) is 0 Å². The van der Waals surface area contributed by atoms with Crippen LogP contribution in [0.15, 0.2) is 29.9 Å². The van der Waals surface area contributed by atoms with Crippen molar-refractivity contribution >= 4 is 28.3 Å². The van der Waals surface area contributed by atoms with E-state index in [1.807, 2.05) is 23.3 Å². The number of rotatable bonds is 2. The highest BCUT2D eigenvalue weighted by Gasteiger charge is 2.27. The van der Waals surface area contributed by atoms with Gasteiger partial charge >= 0.3 is 0 Å². The molecule has 5 nitrogen and oxygen atoms in total. The smallest absolute Gasteiger partial charge is 0.273 e. The number of thiazole rings is 1. The second-order valence-corrected chi connectivity index (χ2v) is 7.02. The summed E-state index contributed by atoms with van der Waals surface area (Å²) in [5.41, 5.74) is 2.85. The van der Waals surface area contributed by atoms with Gasteiger partial charge in [0.05, 0.1) is 5.01 Å². The van der Waals surface area contributed by atoms with Crippen LogP contribution in [0.3, 0.4) is 0 Å². The van der Waals surface area contributed by atoms with E-state index < -0.39 is 0 Å². The second-order valence-electron chi connectivity index (χ2n) is 5.96. The number of aryl methyl sites for hydroxylation is 1. The van der Waals surface area contributed by atoms with E-state index in [1.165, 1.54) is 22.3 Å². The van der Waals surface area contributed by atoms with Crippen LogP contribution in [0.25, 0.3) is 11.0 Å². The molecule has 4 rings (SSSR count). The van der Waals surface area contributed by atoms with Crippen LogP contribution in [0.4, 0.5) is 0 Å². The summed E-state index contributed by atoms with van der Waals surface area (Å²) >= 11 is 1.53. The number of aromatic amines is 1. The van der Waals surface area contributed by atoms with Gasteiger partial charge in [-0.05, 0) is 43.4 Å². The normalized spacial score (nSPS) is 16.1. The third kappa shape index (κ3) is 2.63. The number of H-pyrrole nitrogens is 1. The molecule has 0 aromatic carbocycles. The summed E-state index contributed by atoms with van der Waals surface area (Å²) in [6.45, 7) is 3.50. The van der Waals surface area contributed by atoms with Crippen molar-refractivity contribution < 1.29 is 4.79 Å². The zero-order valence-electron chi connectivity index (χ0n) is 13.0. The SMILES string of the molecule is Cc1nc(C(=O)N2CCC(c3c[nH]c4ncccc34)CC2)cs1. The summed E-state index contributed by atoms with van der Waals surface area (Å²) < 4.78 is 0. The molecule has 1 fully saturated rings. The Kier molecular flexibility index (Phi) is 3.61. The fourth-order valence-corrected chi connectivity index (χ4v) is 3.92. The summed E-state index contributed by atoms with van der Waals surface area (Å²) in [5.74, 6) is 0.544. The van der Waals surface area contributed by atoms with Crippen LogP contribution in [0.5, 0.6) is 0 Å². The van der Waals surface area contributed by atoms with E-state index in [4.69, 9.17) is 0 Å². The molecule has 4 heterocycles. The molecule has 118 valence electrons. The van der Waals surface area contributed by atoms with Gasteiger partial charge in [0.2, 0.25) is 0 Å².